The molecule has 3 aliphatic heterocycles. The number of likely N-dealkylation sites (tertiary alicyclic amines) is 1. The highest BCUT2D eigenvalue weighted by Gasteiger charge is 2.53. The second-order valence-electron chi connectivity index (χ2n) is 7.92. The first-order valence-corrected chi connectivity index (χ1v) is 9.38. The number of guanidine groups is 1. The van der Waals surface area contributed by atoms with Crippen LogP contribution in [0.2, 0.25) is 0 Å². The summed E-state index contributed by atoms with van der Waals surface area (Å²) in [6.45, 7) is 13.3. The van der Waals surface area contributed by atoms with Crippen LogP contribution >= 0.6 is 0 Å². The van der Waals surface area contributed by atoms with Crippen LogP contribution < -0.4 is 5.32 Å². The summed E-state index contributed by atoms with van der Waals surface area (Å²) in [5.74, 6) is 2.54. The van der Waals surface area contributed by atoms with E-state index in [4.69, 9.17) is 4.74 Å². The molecule has 3 fully saturated rings. The Hall–Kier alpha value is -0.810. The average Bonchev–Trinajstić information content (AvgIpc) is 3.18. The van der Waals surface area contributed by atoms with E-state index in [1.807, 2.05) is 7.05 Å². The van der Waals surface area contributed by atoms with Crippen LogP contribution in [0.4, 0.5) is 0 Å². The van der Waals surface area contributed by atoms with E-state index >= 15 is 0 Å². The molecule has 0 saturated carbocycles. The predicted molar refractivity (Wildman–Crippen MR) is 94.8 cm³/mol. The minimum absolute atomic E-state index is 0.519. The van der Waals surface area contributed by atoms with Crippen molar-refractivity contribution in [2.75, 3.05) is 33.2 Å². The molecular weight excluding hydrogens is 288 g/mol. The second kappa shape index (κ2) is 6.98. The Balaban J connectivity index is 1.50. The van der Waals surface area contributed by atoms with Gasteiger partial charge in [0.15, 0.2) is 5.96 Å². The van der Waals surface area contributed by atoms with Gasteiger partial charge in [0.2, 0.25) is 0 Å². The molecule has 0 aromatic carbocycles. The molecule has 4 atom stereocenters. The number of hydrogen-bond donors (Lipinski definition) is 1. The molecule has 3 aliphatic rings. The van der Waals surface area contributed by atoms with Crippen LogP contribution in [0.3, 0.4) is 0 Å². The molecule has 0 aliphatic carbocycles. The lowest BCUT2D eigenvalue weighted by molar-refractivity contribution is 0.0766. The minimum atomic E-state index is 0.519. The van der Waals surface area contributed by atoms with Gasteiger partial charge in [-0.2, -0.15) is 0 Å². The van der Waals surface area contributed by atoms with Crippen molar-refractivity contribution in [1.29, 1.82) is 0 Å². The third-order valence-electron chi connectivity index (χ3n) is 5.94. The van der Waals surface area contributed by atoms with Gasteiger partial charge < -0.3 is 15.0 Å². The van der Waals surface area contributed by atoms with Gasteiger partial charge >= 0.3 is 0 Å². The van der Waals surface area contributed by atoms with Crippen LogP contribution in [0, 0.1) is 11.8 Å². The van der Waals surface area contributed by atoms with E-state index in [-0.39, 0.29) is 0 Å². The fourth-order valence-electron chi connectivity index (χ4n) is 4.87. The Bertz CT molecular complexity index is 411. The monoisotopic (exact) mass is 322 g/mol. The molecule has 23 heavy (non-hydrogen) atoms. The van der Waals surface area contributed by atoms with Crippen LogP contribution in [0.15, 0.2) is 4.99 Å². The largest absolute Gasteiger partial charge is 0.374 e. The lowest BCUT2D eigenvalue weighted by Crippen LogP contribution is -2.46. The molecule has 0 radical (unpaired) electrons. The van der Waals surface area contributed by atoms with Crippen molar-refractivity contribution in [3.63, 3.8) is 0 Å². The van der Waals surface area contributed by atoms with Gasteiger partial charge in [0.05, 0.1) is 12.2 Å². The summed E-state index contributed by atoms with van der Waals surface area (Å²) in [6, 6.07) is 1.16. The van der Waals surface area contributed by atoms with Gasteiger partial charge in [-0.05, 0) is 40.5 Å². The summed E-state index contributed by atoms with van der Waals surface area (Å²) in [5.41, 5.74) is 0. The maximum atomic E-state index is 6.07. The summed E-state index contributed by atoms with van der Waals surface area (Å²) in [7, 11) is 1.91. The zero-order valence-corrected chi connectivity index (χ0v) is 15.5. The maximum Gasteiger partial charge on any atom is 0.193 e. The van der Waals surface area contributed by atoms with Gasteiger partial charge in [-0.15, -0.1) is 0 Å². The van der Waals surface area contributed by atoms with Gasteiger partial charge in [0.1, 0.15) is 0 Å². The van der Waals surface area contributed by atoms with Gasteiger partial charge in [-0.1, -0.05) is 0 Å². The van der Waals surface area contributed by atoms with E-state index < -0.39 is 0 Å². The molecule has 0 spiro atoms. The Labute approximate surface area is 141 Å². The number of hydrogen-bond acceptors (Lipinski definition) is 3. The summed E-state index contributed by atoms with van der Waals surface area (Å²) < 4.78 is 6.07. The van der Waals surface area contributed by atoms with E-state index in [0.717, 1.165) is 44.0 Å². The molecule has 3 rings (SSSR count). The standard InChI is InChI=1S/C18H34N4O/c1-12(2)22(13(3)4)9-8-20-18(19-5)21-10-14-15(11-21)17-7-6-16(14)23-17/h12-17H,6-11H2,1-5H3,(H,19,20). The normalized spacial score (nSPS) is 33.4. The highest BCUT2D eigenvalue weighted by Crippen LogP contribution is 2.47. The van der Waals surface area contributed by atoms with Crippen molar-refractivity contribution in [3.8, 4) is 0 Å². The average molecular weight is 322 g/mol. The molecule has 5 nitrogen and oxygen atoms in total. The minimum Gasteiger partial charge on any atom is -0.374 e. The zero-order valence-electron chi connectivity index (χ0n) is 15.5. The molecule has 0 aromatic heterocycles. The first-order chi connectivity index (χ1) is 11.0. The van der Waals surface area contributed by atoms with Crippen LogP contribution in [0.25, 0.3) is 0 Å². The summed E-state index contributed by atoms with van der Waals surface area (Å²) >= 11 is 0. The van der Waals surface area contributed by atoms with Crippen molar-refractivity contribution in [1.82, 2.24) is 15.1 Å². The van der Waals surface area contributed by atoms with Crippen LogP contribution in [0.1, 0.15) is 40.5 Å². The van der Waals surface area contributed by atoms with Crippen molar-refractivity contribution in [2.45, 2.75) is 64.8 Å². The first-order valence-electron chi connectivity index (χ1n) is 9.38. The topological polar surface area (TPSA) is 40.1 Å². The van der Waals surface area contributed by atoms with Crippen molar-refractivity contribution < 1.29 is 4.74 Å². The number of ether oxygens (including phenoxy) is 1. The summed E-state index contributed by atoms with van der Waals surface area (Å²) in [4.78, 5) is 9.50. The second-order valence-corrected chi connectivity index (χ2v) is 7.92. The van der Waals surface area contributed by atoms with Crippen molar-refractivity contribution in [3.05, 3.63) is 0 Å². The molecule has 4 unspecified atom stereocenters. The quantitative estimate of drug-likeness (QED) is 0.619. The Morgan fingerprint density at radius 2 is 1.70 bits per heavy atom. The highest BCUT2D eigenvalue weighted by atomic mass is 16.5. The number of rotatable bonds is 5. The van der Waals surface area contributed by atoms with Crippen molar-refractivity contribution >= 4 is 5.96 Å². The van der Waals surface area contributed by atoms with Gasteiger partial charge in [0, 0.05) is 57.1 Å². The fourth-order valence-corrected chi connectivity index (χ4v) is 4.87. The van der Waals surface area contributed by atoms with E-state index in [1.54, 1.807) is 0 Å². The van der Waals surface area contributed by atoms with E-state index in [2.05, 4.69) is 47.8 Å². The van der Waals surface area contributed by atoms with Crippen LogP contribution in [0.5, 0.6) is 0 Å². The SMILES string of the molecule is CN=C(NCCN(C(C)C)C(C)C)N1CC2C3CCC(O3)C2C1. The molecule has 3 saturated heterocycles. The molecule has 1 N–H and O–H groups in total. The van der Waals surface area contributed by atoms with Gasteiger partial charge in [-0.25, -0.2) is 0 Å². The van der Waals surface area contributed by atoms with E-state index in [0.29, 0.717) is 24.3 Å². The Morgan fingerprint density at radius 3 is 2.17 bits per heavy atom. The first kappa shape index (κ1) is 17.0. The zero-order chi connectivity index (χ0) is 16.6. The molecule has 0 amide bonds. The van der Waals surface area contributed by atoms with Crippen LogP contribution in [-0.4, -0.2) is 73.3 Å². The molecule has 2 bridgehead atoms. The number of nitrogens with one attached hydrogen (secondary N) is 1. The van der Waals surface area contributed by atoms with Crippen LogP contribution in [-0.2, 0) is 4.74 Å². The molecule has 132 valence electrons. The molecule has 0 aromatic rings. The third kappa shape index (κ3) is 3.36. The third-order valence-corrected chi connectivity index (χ3v) is 5.94. The highest BCUT2D eigenvalue weighted by molar-refractivity contribution is 5.80. The Morgan fingerprint density at radius 1 is 1.13 bits per heavy atom. The maximum absolute atomic E-state index is 6.07. The van der Waals surface area contributed by atoms with E-state index in [9.17, 15) is 0 Å². The van der Waals surface area contributed by atoms with Crippen molar-refractivity contribution in [2.24, 2.45) is 16.8 Å². The molecule has 3 heterocycles. The lowest BCUT2D eigenvalue weighted by atomic mass is 9.82. The predicted octanol–water partition coefficient (Wildman–Crippen LogP) is 1.79. The lowest BCUT2D eigenvalue weighted by Gasteiger charge is -2.31. The summed E-state index contributed by atoms with van der Waals surface area (Å²) in [6.07, 6.45) is 3.57. The number of aliphatic imine (C=N–C) groups is 1. The molecular formula is C18H34N4O. The smallest absolute Gasteiger partial charge is 0.193 e. The Kier molecular flexibility index (Phi) is 5.16. The summed E-state index contributed by atoms with van der Waals surface area (Å²) in [5, 5.41) is 3.58. The van der Waals surface area contributed by atoms with E-state index in [1.165, 1.54) is 12.8 Å². The fraction of sp³-hybridized carbons (Fsp3) is 0.944. The van der Waals surface area contributed by atoms with Gasteiger partial charge in [-0.3, -0.25) is 9.89 Å². The number of fused-ring (bicyclic) bond motifs is 5. The molecule has 5 heteroatoms. The van der Waals surface area contributed by atoms with Gasteiger partial charge in [0.25, 0.3) is 0 Å². The number of nitrogens with zero attached hydrogens (tertiary/aromatic N) is 3.